The van der Waals surface area contributed by atoms with E-state index in [2.05, 4.69) is 17.4 Å². The number of nitrogens with two attached hydrogens (primary N) is 1. The van der Waals surface area contributed by atoms with Crippen LogP contribution in [0.3, 0.4) is 0 Å². The molecule has 3 N–H and O–H groups in total. The Morgan fingerprint density at radius 1 is 1.22 bits per heavy atom. The number of carbonyl (C=O) groups excluding carboxylic acids is 2. The number of nitrogens with zero attached hydrogens (tertiary/aromatic N) is 2. The van der Waals surface area contributed by atoms with E-state index in [1.54, 1.807) is 0 Å². The first-order valence-electron chi connectivity index (χ1n) is 13.1. The van der Waals surface area contributed by atoms with E-state index in [1.807, 2.05) is 61.8 Å². The van der Waals surface area contributed by atoms with Crippen molar-refractivity contribution in [2.24, 2.45) is 11.7 Å². The first-order valence-corrected chi connectivity index (χ1v) is 13.5. The summed E-state index contributed by atoms with van der Waals surface area (Å²) in [5.74, 6) is -0.546. The average molecular weight is 525 g/mol. The van der Waals surface area contributed by atoms with Crippen molar-refractivity contribution in [3.05, 3.63) is 59.9 Å². The van der Waals surface area contributed by atoms with Gasteiger partial charge in [0.05, 0.1) is 23.3 Å². The molecule has 0 radical (unpaired) electrons. The third-order valence-corrected chi connectivity index (χ3v) is 7.48. The van der Waals surface area contributed by atoms with Gasteiger partial charge < -0.3 is 20.2 Å². The third-order valence-electron chi connectivity index (χ3n) is 7.03. The second kappa shape index (κ2) is 12.1. The quantitative estimate of drug-likeness (QED) is 0.372. The van der Waals surface area contributed by atoms with Crippen LogP contribution in [0.15, 0.2) is 48.8 Å². The largest absolute Gasteiger partial charge is 0.374 e. The minimum atomic E-state index is -0.371. The predicted molar refractivity (Wildman–Crippen MR) is 146 cm³/mol. The van der Waals surface area contributed by atoms with Crippen LogP contribution in [0.1, 0.15) is 57.1 Å². The van der Waals surface area contributed by atoms with E-state index in [0.717, 1.165) is 40.9 Å². The Balaban J connectivity index is 1.41. The lowest BCUT2D eigenvalue weighted by Crippen LogP contribution is -2.44. The van der Waals surface area contributed by atoms with E-state index in [9.17, 15) is 9.59 Å². The van der Waals surface area contributed by atoms with Gasteiger partial charge in [0.25, 0.3) is 0 Å². The predicted octanol–water partition coefficient (Wildman–Crippen LogP) is 4.80. The molecule has 1 aliphatic carbocycles. The van der Waals surface area contributed by atoms with Crippen molar-refractivity contribution in [1.82, 2.24) is 14.7 Å². The highest BCUT2D eigenvalue weighted by Gasteiger charge is 2.34. The van der Waals surface area contributed by atoms with Crippen LogP contribution in [-0.4, -0.2) is 44.8 Å². The van der Waals surface area contributed by atoms with Crippen LogP contribution in [0.4, 0.5) is 0 Å². The average Bonchev–Trinajstić information content (AvgIpc) is 3.30. The van der Waals surface area contributed by atoms with E-state index >= 15 is 0 Å². The molecule has 4 rings (SSSR count). The lowest BCUT2D eigenvalue weighted by molar-refractivity contribution is -0.128. The van der Waals surface area contributed by atoms with Gasteiger partial charge in [-0.2, -0.15) is 0 Å². The maximum absolute atomic E-state index is 13.1. The molecule has 1 fully saturated rings. The Morgan fingerprint density at radius 2 is 1.97 bits per heavy atom. The molecular weight excluding hydrogens is 488 g/mol. The van der Waals surface area contributed by atoms with Gasteiger partial charge in [-0.1, -0.05) is 30.3 Å². The van der Waals surface area contributed by atoms with Gasteiger partial charge in [0.1, 0.15) is 5.65 Å². The zero-order valence-electron chi connectivity index (χ0n) is 21.8. The van der Waals surface area contributed by atoms with Gasteiger partial charge in [0.15, 0.2) is 0 Å². The first-order chi connectivity index (χ1) is 17.7. The Kier molecular flexibility index (Phi) is 8.87. The number of amides is 2. The van der Waals surface area contributed by atoms with Crippen LogP contribution in [0.2, 0.25) is 0 Å². The molecule has 3 aromatic rings. The zero-order chi connectivity index (χ0) is 26.5. The number of fused-ring (bicyclic) bond motifs is 1. The van der Waals surface area contributed by atoms with Gasteiger partial charge in [-0.05, 0) is 70.1 Å². The van der Waals surface area contributed by atoms with Crippen LogP contribution in [0, 0.1) is 12.8 Å². The van der Waals surface area contributed by atoms with Crippen molar-refractivity contribution >= 4 is 29.1 Å². The van der Waals surface area contributed by atoms with Crippen LogP contribution >= 0.6 is 11.6 Å². The van der Waals surface area contributed by atoms with Gasteiger partial charge in [0.2, 0.25) is 11.8 Å². The van der Waals surface area contributed by atoms with E-state index in [4.69, 9.17) is 27.1 Å². The van der Waals surface area contributed by atoms with Crippen molar-refractivity contribution in [2.45, 2.75) is 82.9 Å². The molecule has 1 aromatic carbocycles. The maximum Gasteiger partial charge on any atom is 0.223 e. The lowest BCUT2D eigenvalue weighted by atomic mass is 9.85. The molecule has 0 bridgehead atoms. The minimum Gasteiger partial charge on any atom is -0.374 e. The summed E-state index contributed by atoms with van der Waals surface area (Å²) >= 11 is 6.56. The second-order valence-corrected chi connectivity index (χ2v) is 11.0. The number of benzene rings is 1. The Bertz CT molecular complexity index is 1220. The van der Waals surface area contributed by atoms with Crippen molar-refractivity contribution in [3.8, 4) is 11.3 Å². The number of aromatic nitrogens is 2. The van der Waals surface area contributed by atoms with Crippen LogP contribution in [0.25, 0.3) is 16.9 Å². The fraction of sp³-hybridized carbons (Fsp3) is 0.483. The topological polar surface area (TPSA) is 98.7 Å². The standard InChI is InChI=1S/C29H37ClN4O3/c1-18(2)37-26-12-10-22(16-24(26)30)29(36)32-23(11-13-27(31)35)15-20-6-8-21(9-7-20)25-17-34-14-4-5-19(3)28(34)33-25/h4-9,14,17-18,22-24,26H,10-13,15-16H2,1-3H3,(H2,31,35)(H,32,36)/t22?,23-,24?,26?/m1/s1. The smallest absolute Gasteiger partial charge is 0.223 e. The van der Waals surface area contributed by atoms with E-state index < -0.39 is 0 Å². The molecule has 0 saturated heterocycles. The van der Waals surface area contributed by atoms with Crippen LogP contribution in [-0.2, 0) is 20.7 Å². The van der Waals surface area contributed by atoms with E-state index in [0.29, 0.717) is 19.3 Å². The number of nitrogens with one attached hydrogen (secondary N) is 1. The molecular formula is C29H37ClN4O3. The summed E-state index contributed by atoms with van der Waals surface area (Å²) in [6.07, 6.45) is 7.52. The number of hydrogen-bond acceptors (Lipinski definition) is 4. The van der Waals surface area contributed by atoms with Crippen LogP contribution < -0.4 is 11.1 Å². The van der Waals surface area contributed by atoms with Gasteiger partial charge >= 0.3 is 0 Å². The van der Waals surface area contributed by atoms with Crippen molar-refractivity contribution < 1.29 is 14.3 Å². The highest BCUT2D eigenvalue weighted by Crippen LogP contribution is 2.31. The molecule has 0 spiro atoms. The second-order valence-electron chi connectivity index (χ2n) is 10.4. The molecule has 0 aliphatic heterocycles. The van der Waals surface area contributed by atoms with E-state index in [1.165, 1.54) is 0 Å². The number of alkyl halides is 1. The molecule has 37 heavy (non-hydrogen) atoms. The Labute approximate surface area is 223 Å². The SMILES string of the molecule is Cc1cccn2cc(-c3ccc(C[C@@H](CCC(N)=O)NC(=O)C4CCC(OC(C)C)C(Cl)C4)cc3)nc12. The monoisotopic (exact) mass is 524 g/mol. The van der Waals surface area contributed by atoms with Gasteiger partial charge in [-0.3, -0.25) is 9.59 Å². The zero-order valence-corrected chi connectivity index (χ0v) is 22.6. The number of pyridine rings is 1. The maximum atomic E-state index is 13.1. The van der Waals surface area contributed by atoms with Crippen molar-refractivity contribution in [3.63, 3.8) is 0 Å². The Hall–Kier alpha value is -2.90. The van der Waals surface area contributed by atoms with Crippen molar-refractivity contribution in [2.75, 3.05) is 0 Å². The number of halogens is 1. The lowest BCUT2D eigenvalue weighted by Gasteiger charge is -2.33. The summed E-state index contributed by atoms with van der Waals surface area (Å²) in [5.41, 5.74) is 10.5. The number of carbonyl (C=O) groups is 2. The molecule has 1 aliphatic rings. The minimum absolute atomic E-state index is 0.0141. The molecule has 1 saturated carbocycles. The highest BCUT2D eigenvalue weighted by atomic mass is 35.5. The fourth-order valence-corrected chi connectivity index (χ4v) is 5.48. The number of aryl methyl sites for hydroxylation is 1. The summed E-state index contributed by atoms with van der Waals surface area (Å²) in [6.45, 7) is 6.04. The summed E-state index contributed by atoms with van der Waals surface area (Å²) < 4.78 is 7.93. The molecule has 198 valence electrons. The van der Waals surface area contributed by atoms with Crippen LogP contribution in [0.5, 0.6) is 0 Å². The summed E-state index contributed by atoms with van der Waals surface area (Å²) in [5, 5.41) is 2.99. The van der Waals surface area contributed by atoms with Crippen molar-refractivity contribution in [1.29, 1.82) is 0 Å². The first kappa shape index (κ1) is 27.1. The molecule has 3 unspecified atom stereocenters. The molecule has 8 heteroatoms. The molecule has 4 atom stereocenters. The van der Waals surface area contributed by atoms with Gasteiger partial charge in [-0.25, -0.2) is 4.98 Å². The number of imidazole rings is 1. The number of hydrogen-bond donors (Lipinski definition) is 2. The molecule has 2 aromatic heterocycles. The van der Waals surface area contributed by atoms with E-state index in [-0.39, 0.29) is 47.8 Å². The number of rotatable bonds is 10. The number of ether oxygens (including phenoxy) is 1. The third kappa shape index (κ3) is 7.11. The summed E-state index contributed by atoms with van der Waals surface area (Å²) in [7, 11) is 0. The van der Waals surface area contributed by atoms with Gasteiger partial charge in [-0.15, -0.1) is 11.6 Å². The highest BCUT2D eigenvalue weighted by molar-refractivity contribution is 6.21. The van der Waals surface area contributed by atoms with Gasteiger partial charge in [0, 0.05) is 36.3 Å². The molecule has 2 amide bonds. The number of primary amides is 1. The molecule has 7 nitrogen and oxygen atoms in total. The Morgan fingerprint density at radius 3 is 2.62 bits per heavy atom. The normalized spacial score (nSPS) is 20.7. The summed E-state index contributed by atoms with van der Waals surface area (Å²) in [6, 6.07) is 12.1. The fourth-order valence-electron chi connectivity index (χ4n) is 5.08. The summed E-state index contributed by atoms with van der Waals surface area (Å²) in [4.78, 5) is 29.4. The molecule has 2 heterocycles.